The van der Waals surface area contributed by atoms with Gasteiger partial charge in [0.25, 0.3) is 0 Å². The third-order valence-electron chi connectivity index (χ3n) is 2.01. The summed E-state index contributed by atoms with van der Waals surface area (Å²) in [6.45, 7) is 3.72. The maximum absolute atomic E-state index is 10.6. The van der Waals surface area contributed by atoms with E-state index in [0.29, 0.717) is 5.69 Å². The van der Waals surface area contributed by atoms with E-state index in [2.05, 4.69) is 4.98 Å². The van der Waals surface area contributed by atoms with E-state index in [-0.39, 0.29) is 35.3 Å². The molecule has 1 atom stereocenters. The summed E-state index contributed by atoms with van der Waals surface area (Å²) in [6.07, 6.45) is 1.65. The van der Waals surface area contributed by atoms with E-state index >= 15 is 0 Å². The molecule has 1 radical (unpaired) electrons. The molecule has 1 rings (SSSR count). The van der Waals surface area contributed by atoms with Gasteiger partial charge in [0.05, 0.1) is 18.6 Å². The zero-order valence-corrected chi connectivity index (χ0v) is 12.2. The Kier molecular flexibility index (Phi) is 6.63. The molecule has 1 N–H and O–H groups in total. The second kappa shape index (κ2) is 6.60. The van der Waals surface area contributed by atoms with Crippen molar-refractivity contribution in [3.8, 4) is 5.75 Å². The van der Waals surface area contributed by atoms with Crippen molar-refractivity contribution >= 4 is 40.6 Å². The molecule has 0 aliphatic carbocycles. The zero-order chi connectivity index (χ0) is 10.7. The maximum atomic E-state index is 10.6. The van der Waals surface area contributed by atoms with Crippen molar-refractivity contribution < 1.29 is 13.5 Å². The van der Waals surface area contributed by atoms with Crippen LogP contribution in [0.4, 0.5) is 0 Å². The molecule has 0 saturated carbocycles. The minimum absolute atomic E-state index is 0. The molecule has 6 heteroatoms. The number of nitrogens with zero attached hydrogens (tertiary/aromatic N) is 1. The largest absolute Gasteiger partial charge is 0.496 e. The minimum Gasteiger partial charge on any atom is -0.496 e. The fourth-order valence-corrected chi connectivity index (χ4v) is 1.86. The molecule has 1 aromatic rings. The van der Waals surface area contributed by atoms with Crippen LogP contribution in [0.5, 0.6) is 5.75 Å². The Hall–Kier alpha value is 0.0600. The smallest absolute Gasteiger partial charge is 0.158 e. The van der Waals surface area contributed by atoms with Crippen LogP contribution in [0, 0.1) is 13.8 Å². The number of rotatable bonds is 3. The molecule has 79 valence electrons. The fraction of sp³-hybridized carbons (Fsp3) is 0.444. The first-order chi connectivity index (χ1) is 6.56. The van der Waals surface area contributed by atoms with E-state index < -0.39 is 11.1 Å². The summed E-state index contributed by atoms with van der Waals surface area (Å²) in [5.41, 5.74) is 2.36. The zero-order valence-electron chi connectivity index (χ0n) is 9.40. The summed E-state index contributed by atoms with van der Waals surface area (Å²) in [4.78, 5) is 4.09. The van der Waals surface area contributed by atoms with Crippen molar-refractivity contribution in [1.82, 2.24) is 4.98 Å². The molecule has 0 saturated heterocycles. The van der Waals surface area contributed by atoms with E-state index in [1.807, 2.05) is 13.8 Å². The topological polar surface area (TPSA) is 59.4 Å². The number of aromatic nitrogens is 1. The number of ether oxygens (including phenoxy) is 1. The second-order valence-electron chi connectivity index (χ2n) is 3.01. The van der Waals surface area contributed by atoms with Crippen LogP contribution in [0.1, 0.15) is 16.8 Å². The van der Waals surface area contributed by atoms with Crippen LogP contribution in [-0.2, 0) is 16.8 Å². The molecule has 0 aromatic carbocycles. The van der Waals surface area contributed by atoms with Crippen molar-refractivity contribution in [2.24, 2.45) is 0 Å². The van der Waals surface area contributed by atoms with Gasteiger partial charge in [0.15, 0.2) is 11.1 Å². The Labute approximate surface area is 114 Å². The minimum atomic E-state index is -1.86. The molecule has 0 bridgehead atoms. The summed E-state index contributed by atoms with van der Waals surface area (Å²) in [6, 6.07) is 0. The van der Waals surface area contributed by atoms with Crippen LogP contribution in [0.3, 0.4) is 0 Å². The van der Waals surface area contributed by atoms with Gasteiger partial charge >= 0.3 is 0 Å². The van der Waals surface area contributed by atoms with Crippen molar-refractivity contribution in [3.63, 3.8) is 0 Å². The number of hydrogen-bond donors (Lipinski definition) is 1. The molecule has 0 spiro atoms. The summed E-state index contributed by atoms with van der Waals surface area (Å²) in [5, 5.41) is 0. The van der Waals surface area contributed by atoms with Gasteiger partial charge in [-0.15, -0.1) is 0 Å². The third kappa shape index (κ3) is 3.85. The van der Waals surface area contributed by atoms with Gasteiger partial charge in [-0.1, -0.05) is 0 Å². The van der Waals surface area contributed by atoms with Crippen LogP contribution in [-0.4, -0.2) is 50.4 Å². The molecule has 1 aromatic heterocycles. The van der Waals surface area contributed by atoms with E-state index in [1.54, 1.807) is 13.3 Å². The van der Waals surface area contributed by atoms with Gasteiger partial charge in [-0.25, -0.2) is 4.21 Å². The van der Waals surface area contributed by atoms with Gasteiger partial charge in [0.1, 0.15) is 5.75 Å². The van der Waals surface area contributed by atoms with Crippen LogP contribution in [0.2, 0.25) is 0 Å². The Morgan fingerprint density at radius 2 is 2.13 bits per heavy atom. The van der Waals surface area contributed by atoms with E-state index in [4.69, 9.17) is 9.29 Å². The fourth-order valence-electron chi connectivity index (χ4n) is 1.33. The molecule has 0 aliphatic heterocycles. The van der Waals surface area contributed by atoms with Crippen molar-refractivity contribution in [2.45, 2.75) is 19.6 Å². The van der Waals surface area contributed by atoms with Crippen molar-refractivity contribution in [1.29, 1.82) is 0 Å². The first-order valence-corrected chi connectivity index (χ1v) is 5.40. The number of methoxy groups -OCH3 is 1. The normalized spacial score (nSPS) is 11.7. The summed E-state index contributed by atoms with van der Waals surface area (Å²) < 4.78 is 24.6. The first kappa shape index (κ1) is 15.1. The molecule has 1 heterocycles. The predicted molar refractivity (Wildman–Crippen MR) is 60.5 cm³/mol. The van der Waals surface area contributed by atoms with Gasteiger partial charge in [-0.2, -0.15) is 0 Å². The standard InChI is InChI=1S/C9H13NO3S.Na/c1-6-4-10-8(5-14(11)12)7(2)9(6)13-3;/h4H,5H2,1-3H3,(H,11,12);. The number of aryl methyl sites for hydroxylation is 1. The molecule has 0 aliphatic rings. The van der Waals surface area contributed by atoms with Gasteiger partial charge in [0, 0.05) is 46.9 Å². The maximum Gasteiger partial charge on any atom is 0.158 e. The third-order valence-corrected chi connectivity index (χ3v) is 2.53. The average Bonchev–Trinajstić information content (AvgIpc) is 2.10. The van der Waals surface area contributed by atoms with Gasteiger partial charge in [-0.05, 0) is 13.8 Å². The number of pyridine rings is 1. The van der Waals surface area contributed by atoms with Crippen LogP contribution in [0.15, 0.2) is 6.20 Å². The Bertz CT molecular complexity index is 371. The Balaban J connectivity index is 0.00000196. The van der Waals surface area contributed by atoms with Crippen molar-refractivity contribution in [2.75, 3.05) is 7.11 Å². The second-order valence-corrected chi connectivity index (χ2v) is 3.94. The molecule has 1 unspecified atom stereocenters. The average molecular weight is 238 g/mol. The van der Waals surface area contributed by atoms with E-state index in [0.717, 1.165) is 16.9 Å². The molecule has 15 heavy (non-hydrogen) atoms. The molecule has 4 nitrogen and oxygen atoms in total. The van der Waals surface area contributed by atoms with E-state index in [9.17, 15) is 4.21 Å². The van der Waals surface area contributed by atoms with Crippen LogP contribution < -0.4 is 4.74 Å². The molecule has 0 amide bonds. The first-order valence-electron chi connectivity index (χ1n) is 4.12. The molecular formula is C9H13NNaO3S. The van der Waals surface area contributed by atoms with Crippen LogP contribution >= 0.6 is 0 Å². The summed E-state index contributed by atoms with van der Waals surface area (Å²) in [7, 11) is 1.58. The molecule has 0 fully saturated rings. The van der Waals surface area contributed by atoms with Gasteiger partial charge < -0.3 is 9.29 Å². The quantitative estimate of drug-likeness (QED) is 0.631. The van der Waals surface area contributed by atoms with E-state index in [1.165, 1.54) is 0 Å². The van der Waals surface area contributed by atoms with Crippen LogP contribution in [0.25, 0.3) is 0 Å². The SMILES string of the molecule is COc1c(C)cnc(CS(=O)O)c1C.[Na]. The summed E-state index contributed by atoms with van der Waals surface area (Å²) >= 11 is -1.86. The monoisotopic (exact) mass is 238 g/mol. The number of hydrogen-bond acceptors (Lipinski definition) is 3. The van der Waals surface area contributed by atoms with Crippen molar-refractivity contribution in [3.05, 3.63) is 23.0 Å². The Morgan fingerprint density at radius 1 is 1.53 bits per heavy atom. The molecular weight excluding hydrogens is 225 g/mol. The van der Waals surface area contributed by atoms with Gasteiger partial charge in [-0.3, -0.25) is 4.98 Å². The summed E-state index contributed by atoms with van der Waals surface area (Å²) in [5.74, 6) is 0.781. The Morgan fingerprint density at radius 3 is 2.60 bits per heavy atom. The predicted octanol–water partition coefficient (Wildman–Crippen LogP) is 1.05. The van der Waals surface area contributed by atoms with Gasteiger partial charge in [0.2, 0.25) is 0 Å².